The number of hydrogen-bond acceptors (Lipinski definition) is 3. The lowest BCUT2D eigenvalue weighted by Crippen LogP contribution is -2.52. The van der Waals surface area contributed by atoms with Crippen LogP contribution < -0.4 is 5.32 Å². The van der Waals surface area contributed by atoms with Crippen molar-refractivity contribution in [3.63, 3.8) is 0 Å². The van der Waals surface area contributed by atoms with Crippen LogP contribution in [0.5, 0.6) is 0 Å². The van der Waals surface area contributed by atoms with Gasteiger partial charge in [0.15, 0.2) is 0 Å². The molecule has 1 aliphatic carbocycles. The summed E-state index contributed by atoms with van der Waals surface area (Å²) in [6.45, 7) is 3.69. The smallest absolute Gasteiger partial charge is 0.239 e. The van der Waals surface area contributed by atoms with Gasteiger partial charge in [-0.15, -0.1) is 0 Å². The van der Waals surface area contributed by atoms with E-state index in [-0.39, 0.29) is 23.8 Å². The fraction of sp³-hybridized carbons (Fsp3) is 0.882. The molecule has 126 valence electrons. The molecule has 0 aromatic rings. The van der Waals surface area contributed by atoms with Crippen LogP contribution in [0.15, 0.2) is 0 Å². The third kappa shape index (κ3) is 4.00. The number of nitrogens with one attached hydrogen (secondary N) is 1. The van der Waals surface area contributed by atoms with Crippen molar-refractivity contribution in [3.05, 3.63) is 0 Å². The molecule has 2 amide bonds. The highest BCUT2D eigenvalue weighted by molar-refractivity contribution is 5.82. The Morgan fingerprint density at radius 2 is 1.68 bits per heavy atom. The van der Waals surface area contributed by atoms with E-state index in [0.29, 0.717) is 6.04 Å². The third-order valence-electron chi connectivity index (χ3n) is 5.52. The van der Waals surface area contributed by atoms with Crippen LogP contribution in [0.3, 0.4) is 0 Å². The normalized spacial score (nSPS) is 23.0. The zero-order valence-corrected chi connectivity index (χ0v) is 14.3. The van der Waals surface area contributed by atoms with Crippen molar-refractivity contribution in [2.75, 3.05) is 27.2 Å². The largest absolute Gasteiger partial charge is 0.359 e. The molecule has 1 saturated heterocycles. The van der Waals surface area contributed by atoms with Crippen LogP contribution in [0.2, 0.25) is 0 Å². The summed E-state index contributed by atoms with van der Waals surface area (Å²) in [5, 5.41) is 2.73. The van der Waals surface area contributed by atoms with Crippen LogP contribution in [0.1, 0.15) is 51.9 Å². The van der Waals surface area contributed by atoms with Gasteiger partial charge in [-0.25, -0.2) is 0 Å². The first kappa shape index (κ1) is 17.3. The molecule has 5 heteroatoms. The molecule has 1 saturated carbocycles. The summed E-state index contributed by atoms with van der Waals surface area (Å²) in [7, 11) is 3.66. The van der Waals surface area contributed by atoms with E-state index in [1.165, 1.54) is 19.3 Å². The fourth-order valence-electron chi connectivity index (χ4n) is 3.85. The van der Waals surface area contributed by atoms with Crippen molar-refractivity contribution in [1.82, 2.24) is 15.1 Å². The Morgan fingerprint density at radius 1 is 1.09 bits per heavy atom. The number of piperidine rings is 1. The number of amides is 2. The number of nitrogens with zero attached hydrogens (tertiary/aromatic N) is 2. The van der Waals surface area contributed by atoms with Gasteiger partial charge in [-0.1, -0.05) is 19.3 Å². The van der Waals surface area contributed by atoms with Crippen molar-refractivity contribution < 1.29 is 9.59 Å². The van der Waals surface area contributed by atoms with Crippen LogP contribution in [0, 0.1) is 5.92 Å². The van der Waals surface area contributed by atoms with E-state index in [0.717, 1.165) is 38.8 Å². The molecule has 1 heterocycles. The molecule has 5 nitrogen and oxygen atoms in total. The number of carbonyl (C=O) groups is 2. The van der Waals surface area contributed by atoms with E-state index in [1.807, 2.05) is 18.9 Å². The highest BCUT2D eigenvalue weighted by Gasteiger charge is 2.32. The molecule has 1 unspecified atom stereocenters. The maximum atomic E-state index is 12.7. The van der Waals surface area contributed by atoms with Gasteiger partial charge in [0.2, 0.25) is 11.8 Å². The van der Waals surface area contributed by atoms with Crippen molar-refractivity contribution in [1.29, 1.82) is 0 Å². The maximum absolute atomic E-state index is 12.7. The van der Waals surface area contributed by atoms with E-state index in [1.54, 1.807) is 7.05 Å². The molecule has 2 fully saturated rings. The second-order valence-corrected chi connectivity index (χ2v) is 6.84. The Bertz CT molecular complexity index is 385. The summed E-state index contributed by atoms with van der Waals surface area (Å²) >= 11 is 0. The molecule has 1 N–H and O–H groups in total. The Morgan fingerprint density at radius 3 is 2.23 bits per heavy atom. The van der Waals surface area contributed by atoms with Crippen molar-refractivity contribution in [3.8, 4) is 0 Å². The van der Waals surface area contributed by atoms with Crippen LogP contribution >= 0.6 is 0 Å². The minimum absolute atomic E-state index is 0.0717. The number of likely N-dealkylation sites (N-methyl/N-ethyl adjacent to an activating group) is 1. The minimum atomic E-state index is -0.0717. The topological polar surface area (TPSA) is 52.7 Å². The molecular formula is C17H31N3O2. The van der Waals surface area contributed by atoms with Gasteiger partial charge in [-0.2, -0.15) is 0 Å². The third-order valence-corrected chi connectivity index (χ3v) is 5.52. The van der Waals surface area contributed by atoms with Gasteiger partial charge in [0.05, 0.1) is 6.04 Å². The van der Waals surface area contributed by atoms with Crippen LogP contribution in [0.25, 0.3) is 0 Å². The molecule has 2 rings (SSSR count). The van der Waals surface area contributed by atoms with Crippen molar-refractivity contribution in [2.45, 2.75) is 64.0 Å². The van der Waals surface area contributed by atoms with Gasteiger partial charge in [0, 0.05) is 26.1 Å². The predicted molar refractivity (Wildman–Crippen MR) is 87.5 cm³/mol. The lowest BCUT2D eigenvalue weighted by molar-refractivity contribution is -0.138. The van der Waals surface area contributed by atoms with Gasteiger partial charge in [-0.05, 0) is 45.7 Å². The molecule has 2 aliphatic rings. The summed E-state index contributed by atoms with van der Waals surface area (Å²) in [5.74, 6) is 0.489. The lowest BCUT2D eigenvalue weighted by atomic mass is 9.93. The first-order chi connectivity index (χ1) is 10.5. The molecule has 0 aromatic heterocycles. The summed E-state index contributed by atoms with van der Waals surface area (Å²) in [6, 6.07) is 0.352. The Kier molecular flexibility index (Phi) is 6.24. The van der Waals surface area contributed by atoms with Gasteiger partial charge in [0.25, 0.3) is 0 Å². The first-order valence-corrected chi connectivity index (χ1v) is 8.77. The summed E-state index contributed by atoms with van der Waals surface area (Å²) in [6.07, 6.45) is 7.79. The summed E-state index contributed by atoms with van der Waals surface area (Å²) < 4.78 is 0. The maximum Gasteiger partial charge on any atom is 0.239 e. The molecule has 1 atom stereocenters. The van der Waals surface area contributed by atoms with Crippen LogP contribution in [0.4, 0.5) is 0 Å². The molecule has 1 aliphatic heterocycles. The molecular weight excluding hydrogens is 278 g/mol. The summed E-state index contributed by atoms with van der Waals surface area (Å²) in [4.78, 5) is 28.6. The zero-order valence-electron chi connectivity index (χ0n) is 14.3. The van der Waals surface area contributed by atoms with E-state index in [2.05, 4.69) is 10.2 Å². The lowest BCUT2D eigenvalue weighted by Gasteiger charge is -2.38. The number of rotatable bonds is 4. The van der Waals surface area contributed by atoms with Crippen molar-refractivity contribution >= 4 is 11.8 Å². The standard InChI is InChI=1S/C17H31N3O2/c1-13(17(22)19(3)15-7-5-4-6-8-15)20-11-9-14(10-12-20)16(21)18-2/h13-15H,4-12H2,1-3H3,(H,18,21). The van der Waals surface area contributed by atoms with E-state index in [9.17, 15) is 9.59 Å². The molecule has 0 aromatic carbocycles. The van der Waals surface area contributed by atoms with Gasteiger partial charge in [0.1, 0.15) is 0 Å². The molecule has 0 radical (unpaired) electrons. The molecule has 0 bridgehead atoms. The Balaban J connectivity index is 1.84. The zero-order chi connectivity index (χ0) is 16.1. The van der Waals surface area contributed by atoms with E-state index >= 15 is 0 Å². The molecule has 22 heavy (non-hydrogen) atoms. The van der Waals surface area contributed by atoms with Gasteiger partial charge in [-0.3, -0.25) is 14.5 Å². The second-order valence-electron chi connectivity index (χ2n) is 6.84. The van der Waals surface area contributed by atoms with Gasteiger partial charge < -0.3 is 10.2 Å². The van der Waals surface area contributed by atoms with E-state index < -0.39 is 0 Å². The Labute approximate surface area is 134 Å². The number of hydrogen-bond donors (Lipinski definition) is 1. The van der Waals surface area contributed by atoms with Crippen LogP contribution in [-0.4, -0.2) is 60.9 Å². The van der Waals surface area contributed by atoms with Gasteiger partial charge >= 0.3 is 0 Å². The predicted octanol–water partition coefficient (Wildman–Crippen LogP) is 1.62. The quantitative estimate of drug-likeness (QED) is 0.858. The number of likely N-dealkylation sites (tertiary alicyclic amines) is 1. The highest BCUT2D eigenvalue weighted by atomic mass is 16.2. The second kappa shape index (κ2) is 7.95. The minimum Gasteiger partial charge on any atom is -0.359 e. The first-order valence-electron chi connectivity index (χ1n) is 8.77. The molecule has 0 spiro atoms. The van der Waals surface area contributed by atoms with Crippen LogP contribution in [-0.2, 0) is 9.59 Å². The summed E-state index contributed by atoms with van der Waals surface area (Å²) in [5.41, 5.74) is 0. The average molecular weight is 309 g/mol. The monoisotopic (exact) mass is 309 g/mol. The fourth-order valence-corrected chi connectivity index (χ4v) is 3.85. The van der Waals surface area contributed by atoms with E-state index in [4.69, 9.17) is 0 Å². The Hall–Kier alpha value is -1.10. The van der Waals surface area contributed by atoms with Crippen molar-refractivity contribution in [2.24, 2.45) is 5.92 Å². The highest BCUT2D eigenvalue weighted by Crippen LogP contribution is 2.24. The average Bonchev–Trinajstić information content (AvgIpc) is 2.60. The number of carbonyl (C=O) groups excluding carboxylic acids is 2. The SMILES string of the molecule is CNC(=O)C1CCN(C(C)C(=O)N(C)C2CCCCC2)CC1.